The monoisotopic (exact) mass is 568 g/mol. The standard InChI is InChI=1S/C25H26Cl2N2O7S/c1-33-22-10-6-18(27)14-21(22)29(37(31,32)20-9-11-23(34-2)24(15-20)35-3)16-25(30)28-12-13-36-19-7-4-17(26)5-8-19/h4-11,14-15H,12-13,16H2,1-3H3,(H,28,30). The Balaban J connectivity index is 1.85. The van der Waals surface area contributed by atoms with Crippen molar-refractivity contribution in [3.05, 3.63) is 70.7 Å². The lowest BCUT2D eigenvalue weighted by molar-refractivity contribution is -0.119. The summed E-state index contributed by atoms with van der Waals surface area (Å²) in [5, 5.41) is 3.51. The van der Waals surface area contributed by atoms with E-state index in [4.69, 9.17) is 42.1 Å². The zero-order valence-corrected chi connectivity index (χ0v) is 22.7. The van der Waals surface area contributed by atoms with Crippen molar-refractivity contribution in [1.29, 1.82) is 0 Å². The van der Waals surface area contributed by atoms with Crippen LogP contribution in [0, 0.1) is 0 Å². The lowest BCUT2D eigenvalue weighted by Gasteiger charge is -2.26. The average molecular weight is 569 g/mol. The van der Waals surface area contributed by atoms with Gasteiger partial charge in [0.2, 0.25) is 5.91 Å². The van der Waals surface area contributed by atoms with Gasteiger partial charge in [-0.15, -0.1) is 0 Å². The number of nitrogens with zero attached hydrogens (tertiary/aromatic N) is 1. The van der Waals surface area contributed by atoms with E-state index in [0.717, 1.165) is 4.31 Å². The smallest absolute Gasteiger partial charge is 0.265 e. The van der Waals surface area contributed by atoms with Crippen molar-refractivity contribution < 1.29 is 32.2 Å². The Hall–Kier alpha value is -3.34. The van der Waals surface area contributed by atoms with Crippen LogP contribution in [0.4, 0.5) is 5.69 Å². The largest absolute Gasteiger partial charge is 0.495 e. The van der Waals surface area contributed by atoms with Crippen LogP contribution in [0.25, 0.3) is 0 Å². The van der Waals surface area contributed by atoms with Gasteiger partial charge in [0.05, 0.1) is 38.5 Å². The number of halogens is 2. The summed E-state index contributed by atoms with van der Waals surface area (Å²) in [6.07, 6.45) is 0. The number of carbonyl (C=O) groups is 1. The van der Waals surface area contributed by atoms with E-state index in [9.17, 15) is 13.2 Å². The highest BCUT2D eigenvalue weighted by Crippen LogP contribution is 2.36. The van der Waals surface area contributed by atoms with E-state index < -0.39 is 22.5 Å². The molecule has 0 saturated heterocycles. The van der Waals surface area contributed by atoms with E-state index in [2.05, 4.69) is 5.32 Å². The summed E-state index contributed by atoms with van der Waals surface area (Å²) >= 11 is 12.0. The molecule has 37 heavy (non-hydrogen) atoms. The van der Waals surface area contributed by atoms with Crippen LogP contribution in [0.3, 0.4) is 0 Å². The van der Waals surface area contributed by atoms with E-state index >= 15 is 0 Å². The molecule has 3 rings (SSSR count). The maximum atomic E-state index is 13.8. The molecule has 0 atom stereocenters. The molecule has 3 aromatic carbocycles. The quantitative estimate of drug-likeness (QED) is 0.323. The zero-order valence-electron chi connectivity index (χ0n) is 20.4. The van der Waals surface area contributed by atoms with E-state index in [1.165, 1.54) is 51.7 Å². The molecule has 0 aliphatic rings. The number of rotatable bonds is 12. The lowest BCUT2D eigenvalue weighted by atomic mass is 10.3. The first-order chi connectivity index (χ1) is 17.7. The molecule has 0 bridgehead atoms. The Morgan fingerprint density at radius 1 is 0.838 bits per heavy atom. The number of methoxy groups -OCH3 is 3. The third-order valence-electron chi connectivity index (χ3n) is 5.15. The number of nitrogens with one attached hydrogen (secondary N) is 1. The second-order valence-electron chi connectivity index (χ2n) is 7.50. The SMILES string of the molecule is COc1ccc(S(=O)(=O)N(CC(=O)NCCOc2ccc(Cl)cc2)c2cc(Cl)ccc2OC)cc1OC. The fraction of sp³-hybridized carbons (Fsp3) is 0.240. The van der Waals surface area contributed by atoms with Gasteiger partial charge in [0.1, 0.15) is 24.7 Å². The molecule has 0 aliphatic heterocycles. The molecular formula is C25H26Cl2N2O7S. The van der Waals surface area contributed by atoms with Crippen LogP contribution in [0.15, 0.2) is 65.6 Å². The molecule has 0 aromatic heterocycles. The van der Waals surface area contributed by atoms with Crippen molar-refractivity contribution >= 4 is 44.8 Å². The number of hydrogen-bond donors (Lipinski definition) is 1. The molecule has 0 spiro atoms. The zero-order chi connectivity index (χ0) is 27.0. The van der Waals surface area contributed by atoms with Crippen LogP contribution in [-0.2, 0) is 14.8 Å². The summed E-state index contributed by atoms with van der Waals surface area (Å²) in [5.74, 6) is 0.801. The number of ether oxygens (including phenoxy) is 4. The summed E-state index contributed by atoms with van der Waals surface area (Å²) < 4.78 is 49.9. The predicted octanol–water partition coefficient (Wildman–Crippen LogP) is 4.41. The van der Waals surface area contributed by atoms with Crippen molar-refractivity contribution in [3.8, 4) is 23.0 Å². The number of anilines is 1. The molecule has 12 heteroatoms. The Morgan fingerprint density at radius 3 is 2.11 bits per heavy atom. The summed E-state index contributed by atoms with van der Waals surface area (Å²) in [6, 6.07) is 15.4. The summed E-state index contributed by atoms with van der Waals surface area (Å²) in [5.41, 5.74) is 0.0948. The van der Waals surface area contributed by atoms with Crippen molar-refractivity contribution in [2.45, 2.75) is 4.90 Å². The molecule has 3 aromatic rings. The van der Waals surface area contributed by atoms with Gasteiger partial charge >= 0.3 is 0 Å². The highest BCUT2D eigenvalue weighted by molar-refractivity contribution is 7.92. The van der Waals surface area contributed by atoms with Gasteiger partial charge in [-0.25, -0.2) is 8.42 Å². The highest BCUT2D eigenvalue weighted by Gasteiger charge is 2.30. The molecule has 0 fully saturated rings. The van der Waals surface area contributed by atoms with Crippen LogP contribution in [0.5, 0.6) is 23.0 Å². The molecule has 198 valence electrons. The number of benzene rings is 3. The maximum absolute atomic E-state index is 13.8. The van der Waals surface area contributed by atoms with Crippen LogP contribution in [-0.4, -0.2) is 55.4 Å². The van der Waals surface area contributed by atoms with Crippen LogP contribution in [0.1, 0.15) is 0 Å². The van der Waals surface area contributed by atoms with Gasteiger partial charge in [0.15, 0.2) is 11.5 Å². The summed E-state index contributed by atoms with van der Waals surface area (Å²) in [6.45, 7) is -0.247. The minimum Gasteiger partial charge on any atom is -0.495 e. The number of sulfonamides is 1. The van der Waals surface area contributed by atoms with E-state index in [1.807, 2.05) is 0 Å². The Morgan fingerprint density at radius 2 is 1.46 bits per heavy atom. The van der Waals surface area contributed by atoms with Crippen molar-refractivity contribution in [3.63, 3.8) is 0 Å². The minimum atomic E-state index is -4.28. The second-order valence-corrected chi connectivity index (χ2v) is 10.2. The molecule has 0 aliphatic carbocycles. The van der Waals surface area contributed by atoms with Gasteiger partial charge in [-0.05, 0) is 54.6 Å². The van der Waals surface area contributed by atoms with Gasteiger partial charge in [0.25, 0.3) is 10.0 Å². The van der Waals surface area contributed by atoms with Gasteiger partial charge in [-0.1, -0.05) is 23.2 Å². The third kappa shape index (κ3) is 7.12. The van der Waals surface area contributed by atoms with Gasteiger partial charge in [-0.2, -0.15) is 0 Å². The highest BCUT2D eigenvalue weighted by atomic mass is 35.5. The summed E-state index contributed by atoms with van der Waals surface area (Å²) in [7, 11) is -0.0532. The van der Waals surface area contributed by atoms with Crippen LogP contribution < -0.4 is 28.6 Å². The molecule has 1 amide bonds. The number of hydrogen-bond acceptors (Lipinski definition) is 7. The first-order valence-corrected chi connectivity index (χ1v) is 13.1. The second kappa shape index (κ2) is 12.8. The van der Waals surface area contributed by atoms with Crippen LogP contribution >= 0.6 is 23.2 Å². The molecule has 9 nitrogen and oxygen atoms in total. The van der Waals surface area contributed by atoms with Gasteiger partial charge in [0, 0.05) is 16.1 Å². The normalized spacial score (nSPS) is 10.9. The van der Waals surface area contributed by atoms with Crippen LogP contribution in [0.2, 0.25) is 10.0 Å². The average Bonchev–Trinajstić information content (AvgIpc) is 2.90. The van der Waals surface area contributed by atoms with E-state index in [1.54, 1.807) is 30.3 Å². The fourth-order valence-electron chi connectivity index (χ4n) is 3.34. The van der Waals surface area contributed by atoms with E-state index in [-0.39, 0.29) is 40.3 Å². The predicted molar refractivity (Wildman–Crippen MR) is 142 cm³/mol. The fourth-order valence-corrected chi connectivity index (χ4v) is 5.07. The molecule has 1 N–H and O–H groups in total. The van der Waals surface area contributed by atoms with Gasteiger partial charge < -0.3 is 24.3 Å². The van der Waals surface area contributed by atoms with Crippen molar-refractivity contribution in [1.82, 2.24) is 5.32 Å². The Kier molecular flexibility index (Phi) is 9.73. The molecule has 0 heterocycles. The topological polar surface area (TPSA) is 103 Å². The maximum Gasteiger partial charge on any atom is 0.265 e. The number of carbonyl (C=O) groups excluding carboxylic acids is 1. The first kappa shape index (κ1) is 28.2. The molecule has 0 saturated carbocycles. The van der Waals surface area contributed by atoms with E-state index in [0.29, 0.717) is 16.5 Å². The van der Waals surface area contributed by atoms with Crippen molar-refractivity contribution in [2.24, 2.45) is 0 Å². The third-order valence-corrected chi connectivity index (χ3v) is 7.39. The van der Waals surface area contributed by atoms with Gasteiger partial charge in [-0.3, -0.25) is 9.10 Å². The Labute approximate surface area is 225 Å². The lowest BCUT2D eigenvalue weighted by Crippen LogP contribution is -2.42. The molecular weight excluding hydrogens is 543 g/mol. The minimum absolute atomic E-state index is 0.0948. The summed E-state index contributed by atoms with van der Waals surface area (Å²) in [4.78, 5) is 12.7. The first-order valence-electron chi connectivity index (χ1n) is 10.9. The molecule has 0 unspecified atom stereocenters. The van der Waals surface area contributed by atoms with Crippen molar-refractivity contribution in [2.75, 3.05) is 45.3 Å². The number of amides is 1. The Bertz CT molecular complexity index is 1340. The molecule has 0 radical (unpaired) electrons.